The molecule has 0 spiro atoms. The largest absolute Gasteiger partial charge is 1.00 e. The van der Waals surface area contributed by atoms with Crippen LogP contribution in [0.4, 0.5) is 5.13 Å². The predicted octanol–water partition coefficient (Wildman–Crippen LogP) is -4.01. The van der Waals surface area contributed by atoms with E-state index in [1.807, 2.05) is 11.8 Å². The van der Waals surface area contributed by atoms with E-state index in [0.717, 1.165) is 0 Å². The first-order chi connectivity index (χ1) is 13.2. The van der Waals surface area contributed by atoms with E-state index >= 15 is 0 Å². The summed E-state index contributed by atoms with van der Waals surface area (Å²) in [6.45, 7) is 4.72. The summed E-state index contributed by atoms with van der Waals surface area (Å²) in [7, 11) is 0. The molecule has 0 aromatic carbocycles. The summed E-state index contributed by atoms with van der Waals surface area (Å²) in [4.78, 5) is 43.3. The average molecular weight is 446 g/mol. The Labute approximate surface area is 197 Å². The number of anilines is 1. The molecule has 0 radical (unpaired) electrons. The topological polar surface area (TPSA) is 140 Å². The smallest absolute Gasteiger partial charge is 0.543 e. The van der Waals surface area contributed by atoms with Gasteiger partial charge in [0.05, 0.1) is 29.7 Å². The number of hydrogen-bond donors (Lipinski definition) is 2. The summed E-state index contributed by atoms with van der Waals surface area (Å²) in [5, 5.41) is 24.0. The number of thiazole rings is 1. The molecule has 9 nitrogen and oxygen atoms in total. The summed E-state index contributed by atoms with van der Waals surface area (Å²) in [6.07, 6.45) is -0.827. The molecular formula is C17H19N4NaO5S2. The van der Waals surface area contributed by atoms with Crippen molar-refractivity contribution in [1.29, 1.82) is 0 Å². The molecule has 4 rings (SSSR count). The summed E-state index contributed by atoms with van der Waals surface area (Å²) >= 11 is 2.78. The maximum Gasteiger partial charge on any atom is 1.00 e. The number of aliphatic hydroxyl groups excluding tert-OH is 1. The molecule has 0 saturated carbocycles. The Morgan fingerprint density at radius 3 is 2.62 bits per heavy atom. The van der Waals surface area contributed by atoms with Gasteiger partial charge in [-0.1, -0.05) is 6.92 Å². The average Bonchev–Trinajstić information content (AvgIpc) is 3.13. The predicted molar refractivity (Wildman–Crippen MR) is 101 cm³/mol. The van der Waals surface area contributed by atoms with Crippen LogP contribution in [0.3, 0.4) is 0 Å². The van der Waals surface area contributed by atoms with Crippen molar-refractivity contribution >= 4 is 46.0 Å². The van der Waals surface area contributed by atoms with Gasteiger partial charge in [-0.2, -0.15) is 0 Å². The number of nitrogens with two attached hydrogens (primary N) is 1. The number of nitrogens with zero attached hydrogens (tertiary/aromatic N) is 3. The molecule has 0 aliphatic carbocycles. The molecule has 12 heteroatoms. The Kier molecular flexibility index (Phi) is 6.38. The van der Waals surface area contributed by atoms with E-state index in [2.05, 4.69) is 4.98 Å². The van der Waals surface area contributed by atoms with Gasteiger partial charge in [0, 0.05) is 34.5 Å². The second-order valence-electron chi connectivity index (χ2n) is 7.28. The zero-order valence-electron chi connectivity index (χ0n) is 16.2. The minimum Gasteiger partial charge on any atom is -0.543 e. The summed E-state index contributed by atoms with van der Waals surface area (Å²) in [6, 6.07) is -0.337. The third-order valence-electron chi connectivity index (χ3n) is 5.46. The maximum absolute atomic E-state index is 12.3. The van der Waals surface area contributed by atoms with Crippen LogP contribution in [0.5, 0.6) is 0 Å². The number of carbonyl (C=O) groups excluding carboxylic acids is 3. The van der Waals surface area contributed by atoms with Crippen LogP contribution in [-0.4, -0.2) is 63.3 Å². The van der Waals surface area contributed by atoms with Crippen LogP contribution in [0, 0.1) is 11.8 Å². The maximum atomic E-state index is 12.3. The van der Waals surface area contributed by atoms with Crippen molar-refractivity contribution < 1.29 is 54.2 Å². The first kappa shape index (κ1) is 22.6. The van der Waals surface area contributed by atoms with E-state index in [9.17, 15) is 24.6 Å². The number of thioether (sulfide) groups is 1. The van der Waals surface area contributed by atoms with Crippen molar-refractivity contribution in [3.63, 3.8) is 0 Å². The third-order valence-corrected chi connectivity index (χ3v) is 7.81. The second-order valence-corrected chi connectivity index (χ2v) is 9.46. The van der Waals surface area contributed by atoms with Gasteiger partial charge >= 0.3 is 29.6 Å². The second kappa shape index (κ2) is 8.20. The molecule has 150 valence electrons. The molecule has 2 fully saturated rings. The van der Waals surface area contributed by atoms with E-state index < -0.39 is 23.9 Å². The van der Waals surface area contributed by atoms with E-state index in [-0.39, 0.29) is 64.1 Å². The molecular weight excluding hydrogens is 427 g/mol. The molecule has 4 atom stereocenters. The Morgan fingerprint density at radius 2 is 2.10 bits per heavy atom. The number of aliphatic carboxylic acids is 1. The SMILES string of the molecule is C[C@@H](O)[C@H]1C(=O)N2C(C(=O)[O-])=C(SC3CN(c4nc(C(N)=O)cs4)C3)[C@H](C)[C@H]12.[Na+]. The van der Waals surface area contributed by atoms with Crippen molar-refractivity contribution in [2.24, 2.45) is 17.6 Å². The van der Waals surface area contributed by atoms with Crippen molar-refractivity contribution in [3.8, 4) is 0 Å². The van der Waals surface area contributed by atoms with Crippen molar-refractivity contribution in [2.45, 2.75) is 31.2 Å². The summed E-state index contributed by atoms with van der Waals surface area (Å²) < 4.78 is 0. The van der Waals surface area contributed by atoms with E-state index in [1.54, 1.807) is 12.3 Å². The molecule has 3 aliphatic rings. The fourth-order valence-corrected chi connectivity index (χ4v) is 6.39. The molecule has 1 aromatic rings. The normalized spacial score (nSPS) is 27.1. The minimum atomic E-state index is -1.36. The molecule has 1 aromatic heterocycles. The number of fused-ring (bicyclic) bond motifs is 1. The van der Waals surface area contributed by atoms with Gasteiger partial charge in [0.1, 0.15) is 5.69 Å². The van der Waals surface area contributed by atoms with Gasteiger partial charge in [-0.25, -0.2) is 4.98 Å². The molecule has 2 saturated heterocycles. The van der Waals surface area contributed by atoms with Gasteiger partial charge < -0.3 is 30.5 Å². The number of aliphatic hydroxyl groups is 1. The van der Waals surface area contributed by atoms with E-state index in [0.29, 0.717) is 23.1 Å². The number of aromatic nitrogens is 1. The fraction of sp³-hybridized carbons (Fsp3) is 0.529. The molecule has 0 unspecified atom stereocenters. The molecule has 2 amide bonds. The van der Waals surface area contributed by atoms with Crippen molar-refractivity contribution in [1.82, 2.24) is 9.88 Å². The van der Waals surface area contributed by atoms with Crippen LogP contribution in [0.15, 0.2) is 16.0 Å². The van der Waals surface area contributed by atoms with Crippen molar-refractivity contribution in [3.05, 3.63) is 21.7 Å². The number of amides is 2. The van der Waals surface area contributed by atoms with E-state index in [4.69, 9.17) is 5.73 Å². The standard InChI is InChI=1S/C17H20N4O5S2.Na/c1-6-11-10(7(2)22)15(24)21(11)12(16(25)26)13(6)28-8-3-20(4-8)17-19-9(5-27-17)14(18)23;/h5-8,10-11,22H,3-4H2,1-2H3,(H2,18,23)(H,25,26);/q;+1/p-1/t6-,7-,10-,11-;/m1./s1. The molecule has 0 bridgehead atoms. The number of primary amides is 1. The van der Waals surface area contributed by atoms with Crippen LogP contribution in [0.1, 0.15) is 24.3 Å². The zero-order chi connectivity index (χ0) is 20.3. The van der Waals surface area contributed by atoms with Gasteiger partial charge in [0.25, 0.3) is 5.91 Å². The Bertz CT molecular complexity index is 898. The molecule has 4 heterocycles. The first-order valence-corrected chi connectivity index (χ1v) is 10.6. The van der Waals surface area contributed by atoms with Gasteiger partial charge in [-0.15, -0.1) is 23.1 Å². The Hall–Kier alpha value is -1.11. The molecule has 3 N–H and O–H groups in total. The molecule has 3 aliphatic heterocycles. The van der Waals surface area contributed by atoms with Gasteiger partial charge in [0.15, 0.2) is 5.13 Å². The monoisotopic (exact) mass is 446 g/mol. The Balaban J connectivity index is 0.00000240. The quantitative estimate of drug-likeness (QED) is 0.333. The Morgan fingerprint density at radius 1 is 1.45 bits per heavy atom. The summed E-state index contributed by atoms with van der Waals surface area (Å²) in [5.74, 6) is -3.05. The van der Waals surface area contributed by atoms with Crippen LogP contribution < -0.4 is 45.3 Å². The minimum absolute atomic E-state index is 0. The van der Waals surface area contributed by atoms with Crippen LogP contribution in [0.2, 0.25) is 0 Å². The first-order valence-electron chi connectivity index (χ1n) is 8.84. The number of rotatable bonds is 6. The number of carboxylic acids is 1. The van der Waals surface area contributed by atoms with Gasteiger partial charge in [-0.3, -0.25) is 9.59 Å². The summed E-state index contributed by atoms with van der Waals surface area (Å²) in [5.41, 5.74) is 5.39. The van der Waals surface area contributed by atoms with Crippen molar-refractivity contribution in [2.75, 3.05) is 18.0 Å². The number of carbonyl (C=O) groups is 3. The van der Waals surface area contributed by atoms with Crippen LogP contribution in [-0.2, 0) is 9.59 Å². The van der Waals surface area contributed by atoms with Gasteiger partial charge in [-0.05, 0) is 6.92 Å². The van der Waals surface area contributed by atoms with E-state index in [1.165, 1.54) is 28.0 Å². The van der Waals surface area contributed by atoms with Crippen LogP contribution >= 0.6 is 23.1 Å². The number of hydrogen-bond acceptors (Lipinski definition) is 9. The van der Waals surface area contributed by atoms with Crippen LogP contribution in [0.25, 0.3) is 0 Å². The number of carboxylic acid groups (broad SMARTS) is 1. The fourth-order valence-electron chi connectivity index (χ4n) is 4.04. The number of β-lactam (4-membered cyclic amide) rings is 1. The third kappa shape index (κ3) is 3.61. The van der Waals surface area contributed by atoms with Gasteiger partial charge in [0.2, 0.25) is 5.91 Å². The zero-order valence-corrected chi connectivity index (χ0v) is 19.8. The molecule has 29 heavy (non-hydrogen) atoms.